The fourth-order valence-electron chi connectivity index (χ4n) is 7.35. The van der Waals surface area contributed by atoms with Crippen molar-refractivity contribution in [3.05, 3.63) is 0 Å². The molecule has 0 spiro atoms. The first-order valence-corrected chi connectivity index (χ1v) is 14.6. The lowest BCUT2D eigenvalue weighted by atomic mass is 9.70. The van der Waals surface area contributed by atoms with Gasteiger partial charge in [-0.05, 0) is 56.9 Å². The average Bonchev–Trinajstić information content (AvgIpc) is 3.60. The largest absolute Gasteiger partial charge is 0.380 e. The van der Waals surface area contributed by atoms with Gasteiger partial charge in [-0.1, -0.05) is 12.8 Å². The number of nitriles is 1. The molecule has 11 heteroatoms. The summed E-state index contributed by atoms with van der Waals surface area (Å²) in [6.07, 6.45) is 8.03. The maximum absolute atomic E-state index is 13.5. The number of piperidine rings is 1. The van der Waals surface area contributed by atoms with Crippen LogP contribution in [0.1, 0.15) is 51.4 Å². The van der Waals surface area contributed by atoms with Crippen LogP contribution in [-0.4, -0.2) is 88.4 Å². The second kappa shape index (κ2) is 9.90. The molecule has 0 aromatic rings. The summed E-state index contributed by atoms with van der Waals surface area (Å²) in [6.45, 7) is 2.58. The lowest BCUT2D eigenvalue weighted by molar-refractivity contribution is 0.00327. The fourth-order valence-corrected chi connectivity index (χ4v) is 8.86. The Bertz CT molecular complexity index is 874. The van der Waals surface area contributed by atoms with Crippen LogP contribution in [0.2, 0.25) is 0 Å². The summed E-state index contributed by atoms with van der Waals surface area (Å²) < 4.78 is 35.8. The fraction of sp³-hybridized carbons (Fsp3) is 0.957. The monoisotopic (exact) mass is 495 g/mol. The molecule has 5 fully saturated rings. The quantitative estimate of drug-likeness (QED) is 0.407. The number of rotatable bonds is 6. The number of nitrogens with one attached hydrogen (secondary N) is 4. The Morgan fingerprint density at radius 2 is 1.94 bits per heavy atom. The first-order valence-electron chi connectivity index (χ1n) is 13.0. The highest BCUT2D eigenvalue weighted by atomic mass is 32.2. The van der Waals surface area contributed by atoms with Crippen molar-refractivity contribution >= 4 is 10.0 Å². The van der Waals surface area contributed by atoms with E-state index in [4.69, 9.17) is 4.74 Å². The van der Waals surface area contributed by atoms with Gasteiger partial charge in [0.25, 0.3) is 0 Å². The molecule has 3 aliphatic heterocycles. The zero-order valence-electron chi connectivity index (χ0n) is 20.5. The second-order valence-corrected chi connectivity index (χ2v) is 13.1. The van der Waals surface area contributed by atoms with Gasteiger partial charge >= 0.3 is 0 Å². The summed E-state index contributed by atoms with van der Waals surface area (Å²) in [5.41, 5.74) is 6.53. The highest BCUT2D eigenvalue weighted by Crippen LogP contribution is 2.48. The Balaban J connectivity index is 1.24. The van der Waals surface area contributed by atoms with Gasteiger partial charge in [0.1, 0.15) is 5.25 Å². The SMILES string of the molecule is COC1CCC2CNN(C)C2C1NS(=O)(=O)C1CNN(C2CC(C3(C#N)CCCC3)CCN2)C1. The topological polar surface area (TPSA) is 122 Å². The molecule has 2 saturated carbocycles. The molecule has 192 valence electrons. The highest BCUT2D eigenvalue weighted by molar-refractivity contribution is 7.90. The lowest BCUT2D eigenvalue weighted by Gasteiger charge is -2.42. The van der Waals surface area contributed by atoms with Gasteiger partial charge in [-0.2, -0.15) is 5.26 Å². The molecule has 0 radical (unpaired) electrons. The zero-order valence-corrected chi connectivity index (χ0v) is 21.3. The van der Waals surface area contributed by atoms with Crippen molar-refractivity contribution in [2.45, 2.75) is 81.0 Å². The number of hydrazine groups is 2. The van der Waals surface area contributed by atoms with Crippen LogP contribution in [0.5, 0.6) is 0 Å². The Kier molecular flexibility index (Phi) is 7.23. The molecule has 4 N–H and O–H groups in total. The normalized spacial score (nSPS) is 41.4. The van der Waals surface area contributed by atoms with Gasteiger partial charge in [-0.3, -0.25) is 10.9 Å². The van der Waals surface area contributed by atoms with E-state index in [1.54, 1.807) is 7.11 Å². The first kappa shape index (κ1) is 24.8. The van der Waals surface area contributed by atoms with Crippen molar-refractivity contribution in [2.75, 3.05) is 40.3 Å². The number of fused-ring (bicyclic) bond motifs is 1. The smallest absolute Gasteiger partial charge is 0.217 e. The standard InChI is InChI=1S/C23H41N7O3S/c1-29-22-16(12-26-29)5-6-19(33-2)21(22)28-34(31,32)18-13-27-30(14-18)20-11-17(7-10-25-20)23(15-24)8-3-4-9-23/h16-22,25-28H,3-14H2,1-2H3. The molecule has 0 aromatic heterocycles. The summed E-state index contributed by atoms with van der Waals surface area (Å²) in [5.74, 6) is 0.794. The molecule has 2 aliphatic carbocycles. The van der Waals surface area contributed by atoms with Crippen LogP contribution in [0, 0.1) is 28.6 Å². The third-order valence-electron chi connectivity index (χ3n) is 9.34. The molecule has 0 bridgehead atoms. The molecule has 3 heterocycles. The van der Waals surface area contributed by atoms with Crippen molar-refractivity contribution in [2.24, 2.45) is 17.3 Å². The van der Waals surface area contributed by atoms with Crippen LogP contribution in [0.25, 0.3) is 0 Å². The Morgan fingerprint density at radius 1 is 1.15 bits per heavy atom. The third kappa shape index (κ3) is 4.52. The van der Waals surface area contributed by atoms with E-state index in [0.717, 1.165) is 64.5 Å². The molecule has 7 unspecified atom stereocenters. The number of methoxy groups -OCH3 is 1. The van der Waals surface area contributed by atoms with Gasteiger partial charge in [0.2, 0.25) is 10.0 Å². The molecule has 3 saturated heterocycles. The lowest BCUT2D eigenvalue weighted by Crippen LogP contribution is -2.61. The van der Waals surface area contributed by atoms with Crippen LogP contribution in [0.3, 0.4) is 0 Å². The predicted molar refractivity (Wildman–Crippen MR) is 128 cm³/mol. The van der Waals surface area contributed by atoms with E-state index in [1.807, 2.05) is 7.05 Å². The minimum atomic E-state index is -3.55. The average molecular weight is 496 g/mol. The van der Waals surface area contributed by atoms with E-state index >= 15 is 0 Å². The van der Waals surface area contributed by atoms with Gasteiger partial charge < -0.3 is 10.1 Å². The second-order valence-electron chi connectivity index (χ2n) is 11.1. The van der Waals surface area contributed by atoms with Crippen LogP contribution in [0.4, 0.5) is 0 Å². The summed E-state index contributed by atoms with van der Waals surface area (Å²) >= 11 is 0. The zero-order chi connectivity index (χ0) is 23.9. The summed E-state index contributed by atoms with van der Waals surface area (Å²) in [5, 5.41) is 17.1. The number of likely N-dealkylation sites (N-methyl/N-ethyl adjacent to an activating group) is 1. The molecular weight excluding hydrogens is 454 g/mol. The van der Waals surface area contributed by atoms with Gasteiger partial charge in [0.15, 0.2) is 0 Å². The summed E-state index contributed by atoms with van der Waals surface area (Å²) in [4.78, 5) is 0. The first-order chi connectivity index (χ1) is 16.4. The molecular formula is C23H41N7O3S. The van der Waals surface area contributed by atoms with E-state index in [0.29, 0.717) is 24.9 Å². The molecule has 34 heavy (non-hydrogen) atoms. The van der Waals surface area contributed by atoms with E-state index in [2.05, 4.69) is 37.0 Å². The number of ether oxygens (including phenoxy) is 1. The Hall–Kier alpha value is -0.840. The highest BCUT2D eigenvalue weighted by Gasteiger charge is 2.49. The Labute approximate surface area is 204 Å². The summed E-state index contributed by atoms with van der Waals surface area (Å²) in [6, 6.07) is 2.50. The molecule has 5 rings (SSSR count). The van der Waals surface area contributed by atoms with Crippen LogP contribution in [-0.2, 0) is 14.8 Å². The maximum atomic E-state index is 13.5. The molecule has 0 amide bonds. The van der Waals surface area contributed by atoms with Crippen LogP contribution < -0.4 is 20.9 Å². The van der Waals surface area contributed by atoms with Crippen molar-refractivity contribution in [1.82, 2.24) is 30.9 Å². The van der Waals surface area contributed by atoms with Crippen molar-refractivity contribution in [3.63, 3.8) is 0 Å². The van der Waals surface area contributed by atoms with Crippen LogP contribution in [0.15, 0.2) is 0 Å². The van der Waals surface area contributed by atoms with E-state index in [-0.39, 0.29) is 29.8 Å². The van der Waals surface area contributed by atoms with Gasteiger partial charge in [-0.25, -0.2) is 23.2 Å². The van der Waals surface area contributed by atoms with Gasteiger partial charge in [0.05, 0.1) is 29.8 Å². The molecule has 5 aliphatic rings. The molecule has 7 atom stereocenters. The molecule has 10 nitrogen and oxygen atoms in total. The van der Waals surface area contributed by atoms with Crippen molar-refractivity contribution in [1.29, 1.82) is 5.26 Å². The summed E-state index contributed by atoms with van der Waals surface area (Å²) in [7, 11) is 0.119. The van der Waals surface area contributed by atoms with Crippen molar-refractivity contribution in [3.8, 4) is 6.07 Å². The number of hydrogen-bond donors (Lipinski definition) is 4. The minimum absolute atomic E-state index is 0.0562. The predicted octanol–water partition coefficient (Wildman–Crippen LogP) is 0.116. The maximum Gasteiger partial charge on any atom is 0.217 e. The number of sulfonamides is 1. The van der Waals surface area contributed by atoms with E-state index in [1.165, 1.54) is 0 Å². The van der Waals surface area contributed by atoms with Gasteiger partial charge in [0, 0.05) is 39.8 Å². The third-order valence-corrected chi connectivity index (χ3v) is 11.1. The van der Waals surface area contributed by atoms with Gasteiger partial charge in [-0.15, -0.1) is 0 Å². The van der Waals surface area contributed by atoms with Crippen LogP contribution >= 0.6 is 0 Å². The van der Waals surface area contributed by atoms with E-state index < -0.39 is 15.3 Å². The minimum Gasteiger partial charge on any atom is -0.380 e. The molecule has 0 aromatic carbocycles. The number of hydrogen-bond acceptors (Lipinski definition) is 9. The van der Waals surface area contributed by atoms with E-state index in [9.17, 15) is 13.7 Å². The Morgan fingerprint density at radius 3 is 2.68 bits per heavy atom. The number of nitrogens with zero attached hydrogens (tertiary/aromatic N) is 3. The van der Waals surface area contributed by atoms with Crippen molar-refractivity contribution < 1.29 is 13.2 Å².